The van der Waals surface area contributed by atoms with Gasteiger partial charge < -0.3 is 15.0 Å². The number of hydrogen-bond donors (Lipinski definition) is 1. The van der Waals surface area contributed by atoms with Gasteiger partial charge in [-0.25, -0.2) is 0 Å². The summed E-state index contributed by atoms with van der Waals surface area (Å²) in [5.41, 5.74) is 0.309. The summed E-state index contributed by atoms with van der Waals surface area (Å²) in [6, 6.07) is 0.205. The zero-order chi connectivity index (χ0) is 16.6. The molecule has 4 bridgehead atoms. The van der Waals surface area contributed by atoms with E-state index in [2.05, 4.69) is 12.2 Å². The van der Waals surface area contributed by atoms with Gasteiger partial charge in [-0.2, -0.15) is 0 Å². The first kappa shape index (κ1) is 16.7. The second-order valence-corrected chi connectivity index (χ2v) is 8.35. The van der Waals surface area contributed by atoms with Gasteiger partial charge in [-0.3, -0.25) is 9.59 Å². The average molecular weight is 322 g/mol. The van der Waals surface area contributed by atoms with Gasteiger partial charge in [0.25, 0.3) is 0 Å². The lowest BCUT2D eigenvalue weighted by molar-refractivity contribution is -0.137. The zero-order valence-corrected chi connectivity index (χ0v) is 14.6. The number of hydrogen-bond acceptors (Lipinski definition) is 3. The quantitative estimate of drug-likeness (QED) is 0.811. The second kappa shape index (κ2) is 6.42. The van der Waals surface area contributed by atoms with E-state index in [1.54, 1.807) is 14.1 Å². The number of rotatable bonds is 6. The van der Waals surface area contributed by atoms with Gasteiger partial charge in [0.1, 0.15) is 13.2 Å². The number of nitrogens with one attached hydrogen (secondary N) is 1. The van der Waals surface area contributed by atoms with Crippen LogP contribution in [0.5, 0.6) is 0 Å². The number of amides is 2. The fourth-order valence-electron chi connectivity index (χ4n) is 5.50. The minimum Gasteiger partial charge on any atom is -0.362 e. The smallest absolute Gasteiger partial charge is 0.248 e. The molecule has 0 radical (unpaired) electrons. The van der Waals surface area contributed by atoms with Crippen LogP contribution in [0.2, 0.25) is 0 Å². The van der Waals surface area contributed by atoms with Gasteiger partial charge >= 0.3 is 0 Å². The first-order chi connectivity index (χ1) is 10.9. The molecule has 0 aromatic rings. The van der Waals surface area contributed by atoms with Gasteiger partial charge in [0, 0.05) is 20.1 Å². The fourth-order valence-corrected chi connectivity index (χ4v) is 5.50. The monoisotopic (exact) mass is 322 g/mol. The van der Waals surface area contributed by atoms with Crippen molar-refractivity contribution in [3.05, 3.63) is 0 Å². The molecule has 4 fully saturated rings. The highest BCUT2D eigenvalue weighted by Gasteiger charge is 2.53. The van der Waals surface area contributed by atoms with Crippen LogP contribution in [0.15, 0.2) is 0 Å². The zero-order valence-electron chi connectivity index (χ0n) is 14.6. The van der Waals surface area contributed by atoms with Crippen LogP contribution in [-0.4, -0.2) is 50.1 Å². The van der Waals surface area contributed by atoms with Crippen molar-refractivity contribution in [2.24, 2.45) is 23.2 Å². The van der Waals surface area contributed by atoms with Gasteiger partial charge in [0.2, 0.25) is 11.8 Å². The van der Waals surface area contributed by atoms with Gasteiger partial charge in [-0.05, 0) is 68.6 Å². The Morgan fingerprint density at radius 2 is 1.61 bits per heavy atom. The van der Waals surface area contributed by atoms with E-state index in [9.17, 15) is 9.59 Å². The lowest BCUT2D eigenvalue weighted by Crippen LogP contribution is -2.56. The fraction of sp³-hybridized carbons (Fsp3) is 0.889. The number of ether oxygens (including phenoxy) is 1. The van der Waals surface area contributed by atoms with E-state index >= 15 is 0 Å². The molecule has 5 nitrogen and oxygen atoms in total. The van der Waals surface area contributed by atoms with E-state index in [0.717, 1.165) is 17.8 Å². The summed E-state index contributed by atoms with van der Waals surface area (Å²) in [7, 11) is 3.36. The molecule has 1 atom stereocenters. The molecule has 4 saturated carbocycles. The lowest BCUT2D eigenvalue weighted by atomic mass is 9.48. The maximum atomic E-state index is 12.1. The largest absolute Gasteiger partial charge is 0.362 e. The molecule has 4 aliphatic carbocycles. The molecular formula is C18H30N2O3. The van der Waals surface area contributed by atoms with Crippen LogP contribution >= 0.6 is 0 Å². The minimum atomic E-state index is -0.119. The molecule has 130 valence electrons. The SMILES string of the molecule is C[C@H](NC(=O)COCC(=O)N(C)C)C12CC3CC(CC(C3)C1)C2. The van der Waals surface area contributed by atoms with E-state index < -0.39 is 0 Å². The average Bonchev–Trinajstić information content (AvgIpc) is 2.45. The van der Waals surface area contributed by atoms with Crippen molar-refractivity contribution >= 4 is 11.8 Å². The molecule has 2 amide bonds. The number of nitrogens with zero attached hydrogens (tertiary/aromatic N) is 1. The molecule has 23 heavy (non-hydrogen) atoms. The van der Waals surface area contributed by atoms with Crippen LogP contribution < -0.4 is 5.32 Å². The molecule has 4 aliphatic rings. The molecule has 5 heteroatoms. The van der Waals surface area contributed by atoms with Crippen LogP contribution in [0, 0.1) is 23.2 Å². The molecule has 1 N–H and O–H groups in total. The summed E-state index contributed by atoms with van der Waals surface area (Å²) in [4.78, 5) is 25.1. The van der Waals surface area contributed by atoms with E-state index in [0.29, 0.717) is 5.41 Å². The van der Waals surface area contributed by atoms with Crippen LogP contribution in [0.1, 0.15) is 45.4 Å². The van der Waals surface area contributed by atoms with E-state index in [1.807, 2.05) is 0 Å². The summed E-state index contributed by atoms with van der Waals surface area (Å²) in [5, 5.41) is 3.15. The third-order valence-corrected chi connectivity index (χ3v) is 6.34. The van der Waals surface area contributed by atoms with Crippen molar-refractivity contribution in [2.75, 3.05) is 27.3 Å². The molecule has 4 rings (SSSR count). The Kier molecular flexibility index (Phi) is 4.68. The normalized spacial score (nSPS) is 35.9. The van der Waals surface area contributed by atoms with Crippen molar-refractivity contribution in [3.8, 4) is 0 Å². The first-order valence-corrected chi connectivity index (χ1v) is 8.95. The summed E-state index contributed by atoms with van der Waals surface area (Å²) >= 11 is 0. The van der Waals surface area contributed by atoms with Crippen molar-refractivity contribution in [1.82, 2.24) is 10.2 Å². The Labute approximate surface area is 139 Å². The van der Waals surface area contributed by atoms with Gasteiger partial charge in [-0.1, -0.05) is 0 Å². The third-order valence-electron chi connectivity index (χ3n) is 6.34. The van der Waals surface area contributed by atoms with Gasteiger partial charge in [-0.15, -0.1) is 0 Å². The van der Waals surface area contributed by atoms with Crippen LogP contribution in [0.4, 0.5) is 0 Å². The van der Waals surface area contributed by atoms with Crippen molar-refractivity contribution in [2.45, 2.75) is 51.5 Å². The maximum absolute atomic E-state index is 12.1. The Hall–Kier alpha value is -1.10. The highest BCUT2D eigenvalue weighted by Crippen LogP contribution is 2.61. The topological polar surface area (TPSA) is 58.6 Å². The van der Waals surface area contributed by atoms with E-state index in [1.165, 1.54) is 43.4 Å². The molecular weight excluding hydrogens is 292 g/mol. The summed E-state index contributed by atoms with van der Waals surface area (Å²) in [6.45, 7) is 2.10. The van der Waals surface area contributed by atoms with E-state index in [4.69, 9.17) is 4.74 Å². The highest BCUT2D eigenvalue weighted by molar-refractivity contribution is 5.79. The highest BCUT2D eigenvalue weighted by atomic mass is 16.5. The molecule has 0 unspecified atom stereocenters. The molecule has 0 aromatic heterocycles. The number of carbonyl (C=O) groups is 2. The predicted molar refractivity (Wildman–Crippen MR) is 87.7 cm³/mol. The van der Waals surface area contributed by atoms with E-state index in [-0.39, 0.29) is 31.1 Å². The minimum absolute atomic E-state index is 0.0315. The standard InChI is InChI=1S/C18H30N2O3/c1-12(19-16(21)10-23-11-17(22)20(2)3)18-7-13-4-14(8-18)6-15(5-13)9-18/h12-15H,4-11H2,1-3H3,(H,19,21)/t12-,13?,14?,15?,18?/m0/s1. The third kappa shape index (κ3) is 3.54. The van der Waals surface area contributed by atoms with Gasteiger partial charge in [0.15, 0.2) is 0 Å². The maximum Gasteiger partial charge on any atom is 0.248 e. The molecule has 0 saturated heterocycles. The molecule has 0 spiro atoms. The second-order valence-electron chi connectivity index (χ2n) is 8.35. The summed E-state index contributed by atoms with van der Waals surface area (Å²) < 4.78 is 5.24. The predicted octanol–water partition coefficient (Wildman–Crippen LogP) is 1.81. The Bertz CT molecular complexity index is 440. The van der Waals surface area contributed by atoms with Crippen molar-refractivity contribution < 1.29 is 14.3 Å². The Morgan fingerprint density at radius 1 is 1.09 bits per heavy atom. The van der Waals surface area contributed by atoms with Crippen molar-refractivity contribution in [1.29, 1.82) is 0 Å². The summed E-state index contributed by atoms with van der Waals surface area (Å²) in [6.07, 6.45) is 8.07. The Balaban J connectivity index is 1.48. The number of likely N-dealkylation sites (N-methyl/N-ethyl adjacent to an activating group) is 1. The number of carbonyl (C=O) groups excluding carboxylic acids is 2. The lowest BCUT2D eigenvalue weighted by Gasteiger charge is -2.59. The molecule has 0 aliphatic heterocycles. The van der Waals surface area contributed by atoms with Crippen LogP contribution in [0.3, 0.4) is 0 Å². The van der Waals surface area contributed by atoms with Crippen LogP contribution in [0.25, 0.3) is 0 Å². The molecule has 0 heterocycles. The van der Waals surface area contributed by atoms with Gasteiger partial charge in [0.05, 0.1) is 0 Å². The summed E-state index contributed by atoms with van der Waals surface area (Å²) in [5.74, 6) is 2.44. The Morgan fingerprint density at radius 3 is 2.09 bits per heavy atom. The van der Waals surface area contributed by atoms with Crippen molar-refractivity contribution in [3.63, 3.8) is 0 Å². The first-order valence-electron chi connectivity index (χ1n) is 8.95. The molecule has 0 aromatic carbocycles. The van der Waals surface area contributed by atoms with Crippen LogP contribution in [-0.2, 0) is 14.3 Å².